The number of aromatic nitrogens is 1. The van der Waals surface area contributed by atoms with Gasteiger partial charge in [0.15, 0.2) is 0 Å². The van der Waals surface area contributed by atoms with Crippen LogP contribution in [0.5, 0.6) is 0 Å². The lowest BCUT2D eigenvalue weighted by molar-refractivity contribution is -0.115. The fourth-order valence-corrected chi connectivity index (χ4v) is 4.77. The Bertz CT molecular complexity index is 1330. The summed E-state index contributed by atoms with van der Waals surface area (Å²) in [6.45, 7) is 10.0. The Hall–Kier alpha value is -3.81. The number of hydrogen-bond donors (Lipinski definition) is 2. The number of amides is 1. The highest BCUT2D eigenvalue weighted by Gasteiger charge is 2.26. The first-order chi connectivity index (χ1) is 16.7. The van der Waals surface area contributed by atoms with Crippen LogP contribution in [0.4, 0.5) is 11.5 Å². The van der Waals surface area contributed by atoms with Crippen LogP contribution in [-0.4, -0.2) is 16.1 Å². The van der Waals surface area contributed by atoms with Crippen molar-refractivity contribution in [2.24, 2.45) is 0 Å². The number of hydrogen-bond acceptors (Lipinski definition) is 6. The van der Waals surface area contributed by atoms with Gasteiger partial charge in [-0.05, 0) is 54.5 Å². The molecule has 1 aromatic heterocycles. The number of nitriles is 2. The van der Waals surface area contributed by atoms with Crippen molar-refractivity contribution >= 4 is 29.2 Å². The van der Waals surface area contributed by atoms with Crippen molar-refractivity contribution in [3.63, 3.8) is 0 Å². The number of anilines is 2. The summed E-state index contributed by atoms with van der Waals surface area (Å²) in [5.41, 5.74) is 11.7. The van der Waals surface area contributed by atoms with E-state index in [-0.39, 0.29) is 22.9 Å². The average molecular weight is 484 g/mol. The van der Waals surface area contributed by atoms with E-state index in [1.54, 1.807) is 0 Å². The molecule has 0 spiro atoms. The number of thioether (sulfide) groups is 1. The molecule has 7 heteroatoms. The molecule has 0 bridgehead atoms. The molecule has 3 aromatic rings. The van der Waals surface area contributed by atoms with Gasteiger partial charge in [-0.3, -0.25) is 4.79 Å². The van der Waals surface area contributed by atoms with Crippen LogP contribution in [0.25, 0.3) is 11.1 Å². The number of nitrogen functional groups attached to an aromatic ring is 1. The highest BCUT2D eigenvalue weighted by Crippen LogP contribution is 2.38. The molecule has 0 aliphatic rings. The zero-order chi connectivity index (χ0) is 25.7. The van der Waals surface area contributed by atoms with Crippen LogP contribution in [0.2, 0.25) is 0 Å². The van der Waals surface area contributed by atoms with Gasteiger partial charge in [0.2, 0.25) is 5.91 Å². The van der Waals surface area contributed by atoms with Gasteiger partial charge in [0, 0.05) is 11.3 Å². The molecule has 1 atom stereocenters. The standard InChI is InChI=1S/C28H29N5OS/c1-6-24(27(34)32-23-13-17(4)7-8-18(23)5)35-28-22(15-30)25(21(14-29)26(31)33-28)20-11-9-19(10-12-20)16(2)3/h7-13,16,24H,6H2,1-5H3,(H2,31,33)(H,32,34). The molecule has 0 radical (unpaired) electrons. The van der Waals surface area contributed by atoms with Crippen molar-refractivity contribution in [3.8, 4) is 23.3 Å². The summed E-state index contributed by atoms with van der Waals surface area (Å²) in [6.07, 6.45) is 0.520. The van der Waals surface area contributed by atoms with Crippen LogP contribution in [-0.2, 0) is 4.79 Å². The Morgan fingerprint density at radius 2 is 1.74 bits per heavy atom. The summed E-state index contributed by atoms with van der Waals surface area (Å²) in [5.74, 6) is 0.216. The molecule has 0 fully saturated rings. The molecule has 35 heavy (non-hydrogen) atoms. The SMILES string of the molecule is CCC(Sc1nc(N)c(C#N)c(-c2ccc(C(C)C)cc2)c1C#N)C(=O)Nc1cc(C)ccc1C. The van der Waals surface area contributed by atoms with Gasteiger partial charge in [-0.15, -0.1) is 0 Å². The van der Waals surface area contributed by atoms with Gasteiger partial charge in [-0.1, -0.05) is 68.9 Å². The third-order valence-corrected chi connectivity index (χ3v) is 7.20. The quantitative estimate of drug-likeness (QED) is 0.380. The molecule has 0 saturated carbocycles. The van der Waals surface area contributed by atoms with E-state index in [0.29, 0.717) is 28.5 Å². The van der Waals surface area contributed by atoms with Crippen molar-refractivity contribution in [2.75, 3.05) is 11.1 Å². The van der Waals surface area contributed by atoms with Gasteiger partial charge >= 0.3 is 0 Å². The number of rotatable bonds is 7. The number of aryl methyl sites for hydroxylation is 2. The number of carbonyl (C=O) groups is 1. The Labute approximate surface area is 211 Å². The Morgan fingerprint density at radius 3 is 2.31 bits per heavy atom. The molecule has 0 aliphatic carbocycles. The highest BCUT2D eigenvalue weighted by molar-refractivity contribution is 8.00. The van der Waals surface area contributed by atoms with Crippen LogP contribution in [0.1, 0.15) is 60.9 Å². The highest BCUT2D eigenvalue weighted by atomic mass is 32.2. The maximum absolute atomic E-state index is 13.1. The summed E-state index contributed by atoms with van der Waals surface area (Å²) >= 11 is 1.19. The Morgan fingerprint density at radius 1 is 1.09 bits per heavy atom. The van der Waals surface area contributed by atoms with E-state index >= 15 is 0 Å². The number of carbonyl (C=O) groups excluding carboxylic acids is 1. The molecular formula is C28H29N5OS. The third kappa shape index (κ3) is 5.65. The summed E-state index contributed by atoms with van der Waals surface area (Å²) in [5, 5.41) is 22.7. The normalized spacial score (nSPS) is 11.5. The maximum atomic E-state index is 13.1. The lowest BCUT2D eigenvalue weighted by atomic mass is 9.94. The van der Waals surface area contributed by atoms with Gasteiger partial charge < -0.3 is 11.1 Å². The van der Waals surface area contributed by atoms with Crippen LogP contribution in [0, 0.1) is 36.5 Å². The molecular weight excluding hydrogens is 454 g/mol. The summed E-state index contributed by atoms with van der Waals surface area (Å²) in [6, 6.07) is 18.0. The number of pyridine rings is 1. The molecule has 3 N–H and O–H groups in total. The van der Waals surface area contributed by atoms with E-state index < -0.39 is 5.25 Å². The molecule has 1 unspecified atom stereocenters. The minimum absolute atomic E-state index is 0.0433. The van der Waals surface area contributed by atoms with Crippen LogP contribution >= 0.6 is 11.8 Å². The number of benzene rings is 2. The first kappa shape index (κ1) is 25.8. The molecule has 178 valence electrons. The van der Waals surface area contributed by atoms with Gasteiger partial charge in [0.25, 0.3) is 0 Å². The fourth-order valence-electron chi connectivity index (χ4n) is 3.75. The van der Waals surface area contributed by atoms with Crippen LogP contribution in [0.15, 0.2) is 47.5 Å². The van der Waals surface area contributed by atoms with Gasteiger partial charge in [0.1, 0.15) is 28.5 Å². The maximum Gasteiger partial charge on any atom is 0.237 e. The second kappa shape index (κ2) is 11.1. The zero-order valence-electron chi connectivity index (χ0n) is 20.6. The average Bonchev–Trinajstić information content (AvgIpc) is 2.84. The van der Waals surface area contributed by atoms with Crippen molar-refractivity contribution in [3.05, 3.63) is 70.3 Å². The van der Waals surface area contributed by atoms with Crippen molar-refractivity contribution in [1.82, 2.24) is 4.98 Å². The lowest BCUT2D eigenvalue weighted by Gasteiger charge is -2.18. The first-order valence-corrected chi connectivity index (χ1v) is 12.4. The van der Waals surface area contributed by atoms with E-state index in [0.717, 1.165) is 22.4 Å². The second-order valence-electron chi connectivity index (χ2n) is 8.75. The molecule has 2 aromatic carbocycles. The fraction of sp³-hybridized carbons (Fsp3) is 0.286. The monoisotopic (exact) mass is 483 g/mol. The zero-order valence-corrected chi connectivity index (χ0v) is 21.5. The van der Waals surface area contributed by atoms with Gasteiger partial charge in [-0.25, -0.2) is 4.98 Å². The minimum atomic E-state index is -0.502. The smallest absolute Gasteiger partial charge is 0.237 e. The number of nitrogens with two attached hydrogens (primary N) is 1. The summed E-state index contributed by atoms with van der Waals surface area (Å²) in [4.78, 5) is 17.5. The predicted octanol–water partition coefficient (Wildman–Crippen LogP) is 6.32. The molecule has 3 rings (SSSR count). The molecule has 1 amide bonds. The molecule has 6 nitrogen and oxygen atoms in total. The van der Waals surface area contributed by atoms with E-state index in [1.807, 2.05) is 63.2 Å². The summed E-state index contributed by atoms with van der Waals surface area (Å²) in [7, 11) is 0. The third-order valence-electron chi connectivity index (χ3n) is 5.85. The Balaban J connectivity index is 2.02. The van der Waals surface area contributed by atoms with E-state index in [2.05, 4.69) is 36.3 Å². The van der Waals surface area contributed by atoms with E-state index in [9.17, 15) is 15.3 Å². The van der Waals surface area contributed by atoms with Crippen LogP contribution in [0.3, 0.4) is 0 Å². The largest absolute Gasteiger partial charge is 0.383 e. The lowest BCUT2D eigenvalue weighted by Crippen LogP contribution is -2.25. The second-order valence-corrected chi connectivity index (χ2v) is 9.94. The first-order valence-electron chi connectivity index (χ1n) is 11.5. The number of nitrogens with zero attached hydrogens (tertiary/aromatic N) is 3. The Kier molecular flexibility index (Phi) is 8.17. The predicted molar refractivity (Wildman–Crippen MR) is 142 cm³/mol. The van der Waals surface area contributed by atoms with Gasteiger partial charge in [0.05, 0.1) is 10.8 Å². The molecule has 1 heterocycles. The minimum Gasteiger partial charge on any atom is -0.383 e. The number of nitrogens with one attached hydrogen (secondary N) is 1. The topological polar surface area (TPSA) is 116 Å². The van der Waals surface area contributed by atoms with Crippen molar-refractivity contribution in [1.29, 1.82) is 10.5 Å². The molecule has 0 aliphatic heterocycles. The van der Waals surface area contributed by atoms with Crippen molar-refractivity contribution in [2.45, 2.75) is 57.2 Å². The van der Waals surface area contributed by atoms with Crippen molar-refractivity contribution < 1.29 is 4.79 Å². The molecule has 0 saturated heterocycles. The van der Waals surface area contributed by atoms with Gasteiger partial charge in [-0.2, -0.15) is 10.5 Å². The van der Waals surface area contributed by atoms with Crippen LogP contribution < -0.4 is 11.1 Å². The summed E-state index contributed by atoms with van der Waals surface area (Å²) < 4.78 is 0. The van der Waals surface area contributed by atoms with E-state index in [4.69, 9.17) is 5.73 Å². The van der Waals surface area contributed by atoms with E-state index in [1.165, 1.54) is 11.8 Å².